The molecule has 2 aliphatic rings. The molecule has 0 aliphatic carbocycles. The Balaban J connectivity index is 0.00000276. The number of carboxylic acid groups (broad SMARTS) is 1. The van der Waals surface area contributed by atoms with Gasteiger partial charge < -0.3 is 15.1 Å². The number of hydrogen-bond acceptors (Lipinski definition) is 5. The molecule has 3 aromatic carbocycles. The first kappa shape index (κ1) is 25.7. The SMILES string of the molecule is O=C(O)c1ccc2c3ccccc3n(-c3cc4ccccc4c(-c4cc5c6c(c4O)CCCN6CCC5)n3)c2n1.[Pt]. The van der Waals surface area contributed by atoms with Crippen molar-refractivity contribution in [2.45, 2.75) is 25.7 Å². The third kappa shape index (κ3) is 3.86. The van der Waals surface area contributed by atoms with Crippen molar-refractivity contribution >= 4 is 44.4 Å². The quantitative estimate of drug-likeness (QED) is 0.217. The summed E-state index contributed by atoms with van der Waals surface area (Å²) in [7, 11) is 0. The molecular formula is C33H26N4O3Pt. The maximum Gasteiger partial charge on any atom is 0.354 e. The minimum Gasteiger partial charge on any atom is -0.507 e. The molecule has 2 N–H and O–H groups in total. The molecule has 0 bridgehead atoms. The van der Waals surface area contributed by atoms with Gasteiger partial charge in [-0.25, -0.2) is 14.8 Å². The summed E-state index contributed by atoms with van der Waals surface area (Å²) in [5.74, 6) is -0.135. The standard InChI is InChI=1S/C33H26N4O3.Pt/c38-31-24-11-6-16-36-15-5-8-20(30(24)36)17-25(31)29-21-9-2-1-7-19(21)18-28(35-29)37-27-12-4-3-10-22(27)23-13-14-26(33(39)40)34-32(23)37;/h1-4,7,9-10,12-14,17-18,38H,5-6,8,11,15-16H2,(H,39,40);. The van der Waals surface area contributed by atoms with Crippen molar-refractivity contribution in [3.8, 4) is 22.8 Å². The van der Waals surface area contributed by atoms with E-state index in [-0.39, 0.29) is 26.8 Å². The van der Waals surface area contributed by atoms with Gasteiger partial charge in [-0.1, -0.05) is 42.5 Å². The Kier molecular flexibility index (Phi) is 6.09. The number of aromatic hydroxyl groups is 1. The van der Waals surface area contributed by atoms with Crippen molar-refractivity contribution in [2.24, 2.45) is 0 Å². The molecule has 41 heavy (non-hydrogen) atoms. The van der Waals surface area contributed by atoms with E-state index < -0.39 is 5.97 Å². The molecule has 0 saturated heterocycles. The maximum absolute atomic E-state index is 11.8. The first-order valence-corrected chi connectivity index (χ1v) is 13.7. The number of rotatable bonds is 3. The van der Waals surface area contributed by atoms with Gasteiger partial charge in [-0.3, -0.25) is 4.57 Å². The Hall–Kier alpha value is -4.22. The molecule has 0 saturated carbocycles. The summed E-state index contributed by atoms with van der Waals surface area (Å²) < 4.78 is 1.94. The largest absolute Gasteiger partial charge is 0.507 e. The summed E-state index contributed by atoms with van der Waals surface area (Å²) in [5.41, 5.74) is 6.38. The van der Waals surface area contributed by atoms with Crippen LogP contribution in [0.1, 0.15) is 34.5 Å². The number of phenols is 1. The number of benzene rings is 3. The summed E-state index contributed by atoms with van der Waals surface area (Å²) in [4.78, 5) is 24.0. The van der Waals surface area contributed by atoms with Crippen molar-refractivity contribution < 1.29 is 36.1 Å². The first-order valence-electron chi connectivity index (χ1n) is 13.7. The number of para-hydroxylation sites is 1. The minimum atomic E-state index is -1.08. The Morgan fingerprint density at radius 1 is 0.829 bits per heavy atom. The van der Waals surface area contributed by atoms with Crippen molar-refractivity contribution in [1.82, 2.24) is 14.5 Å². The van der Waals surface area contributed by atoms with Gasteiger partial charge >= 0.3 is 5.97 Å². The van der Waals surface area contributed by atoms with Gasteiger partial charge in [0, 0.05) is 67.1 Å². The van der Waals surface area contributed by atoms with E-state index in [2.05, 4.69) is 22.0 Å². The van der Waals surface area contributed by atoms with Gasteiger partial charge in [-0.2, -0.15) is 0 Å². The van der Waals surface area contributed by atoms with Crippen LogP contribution in [0.4, 0.5) is 5.69 Å². The van der Waals surface area contributed by atoms with Crippen molar-refractivity contribution in [3.05, 3.63) is 89.6 Å². The van der Waals surface area contributed by atoms with Crippen molar-refractivity contribution in [3.63, 3.8) is 0 Å². The van der Waals surface area contributed by atoms with E-state index in [0.717, 1.165) is 77.0 Å². The molecule has 0 radical (unpaired) electrons. The number of nitrogens with zero attached hydrogens (tertiary/aromatic N) is 4. The molecular weight excluding hydrogens is 695 g/mol. The summed E-state index contributed by atoms with van der Waals surface area (Å²) in [6.07, 6.45) is 3.96. The van der Waals surface area contributed by atoms with E-state index >= 15 is 0 Å². The predicted octanol–water partition coefficient (Wildman–Crippen LogP) is 6.49. The smallest absolute Gasteiger partial charge is 0.354 e. The zero-order chi connectivity index (χ0) is 27.0. The van der Waals surface area contributed by atoms with Crippen LogP contribution in [0.15, 0.2) is 72.8 Å². The van der Waals surface area contributed by atoms with Crippen LogP contribution in [0, 0.1) is 0 Å². The van der Waals surface area contributed by atoms with Gasteiger partial charge in [0.15, 0.2) is 5.69 Å². The molecule has 2 aliphatic heterocycles. The second kappa shape index (κ2) is 9.70. The third-order valence-electron chi connectivity index (χ3n) is 8.45. The van der Waals surface area contributed by atoms with E-state index in [4.69, 9.17) is 4.98 Å². The number of fused-ring (bicyclic) bond motifs is 4. The molecule has 0 amide bonds. The molecule has 3 aromatic heterocycles. The Morgan fingerprint density at radius 3 is 2.41 bits per heavy atom. The fourth-order valence-electron chi connectivity index (χ4n) is 6.72. The van der Waals surface area contributed by atoms with Gasteiger partial charge in [0.2, 0.25) is 0 Å². The molecule has 0 fully saturated rings. The second-order valence-corrected chi connectivity index (χ2v) is 10.7. The summed E-state index contributed by atoms with van der Waals surface area (Å²) in [5, 5.41) is 25.2. The fourth-order valence-corrected chi connectivity index (χ4v) is 6.72. The Bertz CT molecular complexity index is 2030. The molecule has 0 spiro atoms. The van der Waals surface area contributed by atoms with E-state index in [0.29, 0.717) is 22.9 Å². The van der Waals surface area contributed by atoms with Crippen LogP contribution in [0.3, 0.4) is 0 Å². The predicted molar refractivity (Wildman–Crippen MR) is 157 cm³/mol. The minimum absolute atomic E-state index is 0. The van der Waals surface area contributed by atoms with Crippen molar-refractivity contribution in [2.75, 3.05) is 18.0 Å². The zero-order valence-corrected chi connectivity index (χ0v) is 24.4. The number of carboxylic acids is 1. The number of anilines is 1. The second-order valence-electron chi connectivity index (χ2n) is 10.7. The molecule has 206 valence electrons. The fraction of sp³-hybridized carbons (Fsp3) is 0.182. The molecule has 6 aromatic rings. The molecule has 8 heteroatoms. The van der Waals surface area contributed by atoms with Gasteiger partial charge in [0.1, 0.15) is 17.2 Å². The van der Waals surface area contributed by atoms with Gasteiger partial charge in [0.25, 0.3) is 0 Å². The summed E-state index contributed by atoms with van der Waals surface area (Å²) in [6, 6.07) is 23.6. The molecule has 5 heterocycles. The average molecular weight is 722 g/mol. The normalized spacial score (nSPS) is 14.3. The Morgan fingerprint density at radius 2 is 1.59 bits per heavy atom. The molecule has 0 unspecified atom stereocenters. The van der Waals surface area contributed by atoms with Crippen LogP contribution in [-0.2, 0) is 33.9 Å². The summed E-state index contributed by atoms with van der Waals surface area (Å²) >= 11 is 0. The zero-order valence-electron chi connectivity index (χ0n) is 22.1. The van der Waals surface area contributed by atoms with Gasteiger partial charge in [-0.05, 0) is 67.0 Å². The van der Waals surface area contributed by atoms with Gasteiger partial charge in [0.05, 0.1) is 11.2 Å². The van der Waals surface area contributed by atoms with Crippen molar-refractivity contribution in [1.29, 1.82) is 0 Å². The van der Waals surface area contributed by atoms with Crippen LogP contribution in [0.25, 0.3) is 49.8 Å². The third-order valence-corrected chi connectivity index (χ3v) is 8.45. The van der Waals surface area contributed by atoms with Crippen LogP contribution in [0.5, 0.6) is 5.75 Å². The number of aryl methyl sites for hydroxylation is 1. The van der Waals surface area contributed by atoms with Crippen LogP contribution in [0.2, 0.25) is 0 Å². The number of hydrogen-bond donors (Lipinski definition) is 2. The average Bonchev–Trinajstić information content (AvgIpc) is 3.32. The van der Waals surface area contributed by atoms with Gasteiger partial charge in [-0.15, -0.1) is 0 Å². The monoisotopic (exact) mass is 721 g/mol. The number of aromatic nitrogens is 3. The van der Waals surface area contributed by atoms with E-state index in [1.165, 1.54) is 11.3 Å². The Labute approximate surface area is 250 Å². The number of pyridine rings is 2. The molecule has 0 atom stereocenters. The number of carbonyl (C=O) groups is 1. The molecule has 7 nitrogen and oxygen atoms in total. The van der Waals surface area contributed by atoms with Crippen LogP contribution >= 0.6 is 0 Å². The maximum atomic E-state index is 11.8. The number of aromatic carboxylic acids is 1. The van der Waals surface area contributed by atoms with Crippen LogP contribution in [-0.4, -0.2) is 43.8 Å². The first-order chi connectivity index (χ1) is 19.6. The summed E-state index contributed by atoms with van der Waals surface area (Å²) in [6.45, 7) is 2.07. The van der Waals surface area contributed by atoms with E-state index in [1.807, 2.05) is 59.2 Å². The number of phenolic OH excluding ortho intramolecular Hbond substituents is 1. The van der Waals surface area contributed by atoms with E-state index in [9.17, 15) is 15.0 Å². The topological polar surface area (TPSA) is 91.5 Å². The van der Waals surface area contributed by atoms with E-state index in [1.54, 1.807) is 6.07 Å². The van der Waals surface area contributed by atoms with Crippen LogP contribution < -0.4 is 4.90 Å². The molecule has 8 rings (SSSR count).